The zero-order valence-corrected chi connectivity index (χ0v) is 15.7. The molecule has 28 heavy (non-hydrogen) atoms. The van der Waals surface area contributed by atoms with E-state index in [0.29, 0.717) is 26.2 Å². The molecule has 1 saturated heterocycles. The van der Waals surface area contributed by atoms with E-state index in [4.69, 9.17) is 0 Å². The second-order valence-electron chi connectivity index (χ2n) is 6.98. The van der Waals surface area contributed by atoms with Gasteiger partial charge in [-0.1, -0.05) is 30.3 Å². The normalized spacial score (nSPS) is 17.4. The molecule has 1 aromatic heterocycles. The van der Waals surface area contributed by atoms with Crippen LogP contribution < -0.4 is 5.32 Å². The molecule has 0 aliphatic carbocycles. The third-order valence-electron chi connectivity index (χ3n) is 4.79. The van der Waals surface area contributed by atoms with Crippen LogP contribution >= 0.6 is 0 Å². The molecule has 0 radical (unpaired) electrons. The van der Waals surface area contributed by atoms with Gasteiger partial charge in [-0.05, 0) is 5.56 Å². The van der Waals surface area contributed by atoms with Crippen LogP contribution in [0.3, 0.4) is 0 Å². The second kappa shape index (κ2) is 8.74. The maximum absolute atomic E-state index is 12.6. The predicted octanol–water partition coefficient (Wildman–Crippen LogP) is 1.81. The lowest BCUT2D eigenvalue weighted by Crippen LogP contribution is -2.51. The number of piperazine rings is 1. The molecule has 0 saturated carbocycles. The highest BCUT2D eigenvalue weighted by Crippen LogP contribution is 2.20. The van der Waals surface area contributed by atoms with Crippen LogP contribution in [0.4, 0.5) is 13.2 Å². The van der Waals surface area contributed by atoms with Crippen molar-refractivity contribution in [1.82, 2.24) is 24.7 Å². The number of benzene rings is 1. The standard InChI is InChI=1S/C19H24F3N5O/c1-25-8-7-23-18(25)17(15-5-3-2-4-6-15)24-16(28)13-26-9-11-27(12-10-26)14-19(20,21)22/h2-8,17H,9-14H2,1H3,(H,24,28). The van der Waals surface area contributed by atoms with Crippen molar-refractivity contribution < 1.29 is 18.0 Å². The average Bonchev–Trinajstić information content (AvgIpc) is 3.07. The van der Waals surface area contributed by atoms with Gasteiger partial charge in [-0.2, -0.15) is 13.2 Å². The zero-order valence-electron chi connectivity index (χ0n) is 15.7. The van der Waals surface area contributed by atoms with E-state index in [2.05, 4.69) is 10.3 Å². The number of hydrogen-bond acceptors (Lipinski definition) is 4. The summed E-state index contributed by atoms with van der Waals surface area (Å²) in [6.45, 7) is 0.711. The molecule has 1 unspecified atom stereocenters. The Balaban J connectivity index is 1.59. The second-order valence-corrected chi connectivity index (χ2v) is 6.98. The Kier molecular flexibility index (Phi) is 6.35. The number of aryl methyl sites for hydroxylation is 1. The van der Waals surface area contributed by atoms with Gasteiger partial charge in [0, 0.05) is 45.6 Å². The first-order valence-electron chi connectivity index (χ1n) is 9.15. The van der Waals surface area contributed by atoms with Crippen LogP contribution in [0, 0.1) is 0 Å². The fourth-order valence-corrected chi connectivity index (χ4v) is 3.37. The number of carbonyl (C=O) groups is 1. The summed E-state index contributed by atoms with van der Waals surface area (Å²) in [5.41, 5.74) is 0.917. The number of carbonyl (C=O) groups excluding carboxylic acids is 1. The summed E-state index contributed by atoms with van der Waals surface area (Å²) in [5.74, 6) is 0.538. The Bertz CT molecular complexity index is 769. The number of imidazole rings is 1. The van der Waals surface area contributed by atoms with Gasteiger partial charge in [-0.25, -0.2) is 4.98 Å². The maximum Gasteiger partial charge on any atom is 0.401 e. The molecule has 3 rings (SSSR count). The summed E-state index contributed by atoms with van der Waals surface area (Å²) >= 11 is 0. The number of halogens is 3. The van der Waals surface area contributed by atoms with E-state index in [1.807, 2.05) is 53.0 Å². The van der Waals surface area contributed by atoms with Gasteiger partial charge >= 0.3 is 6.18 Å². The first kappa shape index (κ1) is 20.3. The summed E-state index contributed by atoms with van der Waals surface area (Å²) in [6.07, 6.45) is -0.695. The lowest BCUT2D eigenvalue weighted by Gasteiger charge is -2.34. The Labute approximate surface area is 161 Å². The largest absolute Gasteiger partial charge is 0.401 e. The topological polar surface area (TPSA) is 53.4 Å². The van der Waals surface area contributed by atoms with Crippen LogP contribution in [0.2, 0.25) is 0 Å². The number of rotatable bonds is 6. The molecular weight excluding hydrogens is 371 g/mol. The molecule has 152 valence electrons. The monoisotopic (exact) mass is 395 g/mol. The van der Waals surface area contributed by atoms with Crippen molar-refractivity contribution in [3.05, 3.63) is 54.1 Å². The number of aromatic nitrogens is 2. The Morgan fingerprint density at radius 1 is 1.14 bits per heavy atom. The van der Waals surface area contributed by atoms with Gasteiger partial charge in [0.15, 0.2) is 0 Å². The van der Waals surface area contributed by atoms with E-state index in [9.17, 15) is 18.0 Å². The van der Waals surface area contributed by atoms with Crippen LogP contribution in [-0.4, -0.2) is 70.7 Å². The molecule has 6 nitrogen and oxygen atoms in total. The number of hydrogen-bond donors (Lipinski definition) is 1. The fraction of sp³-hybridized carbons (Fsp3) is 0.474. The van der Waals surface area contributed by atoms with Crippen molar-refractivity contribution in [3.63, 3.8) is 0 Å². The van der Waals surface area contributed by atoms with Crippen LogP contribution in [0.15, 0.2) is 42.7 Å². The van der Waals surface area contributed by atoms with Crippen molar-refractivity contribution in [3.8, 4) is 0 Å². The molecular formula is C19H24F3N5O. The molecule has 1 amide bonds. The molecule has 9 heteroatoms. The molecule has 1 aliphatic heterocycles. The van der Waals surface area contributed by atoms with Crippen molar-refractivity contribution in [2.45, 2.75) is 12.2 Å². The van der Waals surface area contributed by atoms with Crippen molar-refractivity contribution in [2.24, 2.45) is 7.05 Å². The summed E-state index contributed by atoms with van der Waals surface area (Å²) in [4.78, 5) is 20.2. The number of nitrogens with one attached hydrogen (secondary N) is 1. The van der Waals surface area contributed by atoms with Crippen LogP contribution in [-0.2, 0) is 11.8 Å². The van der Waals surface area contributed by atoms with E-state index in [0.717, 1.165) is 11.4 Å². The van der Waals surface area contributed by atoms with Gasteiger partial charge in [0.2, 0.25) is 5.91 Å². The molecule has 2 heterocycles. The summed E-state index contributed by atoms with van der Waals surface area (Å²) < 4.78 is 39.3. The summed E-state index contributed by atoms with van der Waals surface area (Å²) in [5, 5.41) is 3.02. The predicted molar refractivity (Wildman–Crippen MR) is 98.6 cm³/mol. The fourth-order valence-electron chi connectivity index (χ4n) is 3.37. The molecule has 1 atom stereocenters. The molecule has 1 aromatic carbocycles. The van der Waals surface area contributed by atoms with Crippen molar-refractivity contribution >= 4 is 5.91 Å². The Hall–Kier alpha value is -2.39. The molecule has 2 aromatic rings. The Morgan fingerprint density at radius 2 is 1.79 bits per heavy atom. The van der Waals surface area contributed by atoms with Crippen molar-refractivity contribution in [2.75, 3.05) is 39.3 Å². The van der Waals surface area contributed by atoms with Gasteiger partial charge in [0.05, 0.1) is 13.1 Å². The first-order valence-corrected chi connectivity index (χ1v) is 9.15. The van der Waals surface area contributed by atoms with Crippen LogP contribution in [0.5, 0.6) is 0 Å². The van der Waals surface area contributed by atoms with E-state index in [-0.39, 0.29) is 18.5 Å². The number of nitrogens with zero attached hydrogens (tertiary/aromatic N) is 4. The van der Waals surface area contributed by atoms with Gasteiger partial charge in [-0.15, -0.1) is 0 Å². The third kappa shape index (κ3) is 5.56. The van der Waals surface area contributed by atoms with E-state index in [1.165, 1.54) is 4.90 Å². The summed E-state index contributed by atoms with van der Waals surface area (Å²) in [6, 6.07) is 9.17. The molecule has 1 N–H and O–H groups in total. The molecule has 1 fully saturated rings. The van der Waals surface area contributed by atoms with E-state index in [1.54, 1.807) is 6.20 Å². The highest BCUT2D eigenvalue weighted by atomic mass is 19.4. The van der Waals surface area contributed by atoms with Gasteiger partial charge < -0.3 is 9.88 Å². The van der Waals surface area contributed by atoms with E-state index >= 15 is 0 Å². The minimum absolute atomic E-state index is 0.146. The average molecular weight is 395 g/mol. The number of alkyl halides is 3. The van der Waals surface area contributed by atoms with E-state index < -0.39 is 12.7 Å². The quantitative estimate of drug-likeness (QED) is 0.811. The minimum Gasteiger partial charge on any atom is -0.341 e. The number of amides is 1. The van der Waals surface area contributed by atoms with Gasteiger partial charge in [0.25, 0.3) is 0 Å². The highest BCUT2D eigenvalue weighted by Gasteiger charge is 2.32. The smallest absolute Gasteiger partial charge is 0.341 e. The van der Waals surface area contributed by atoms with Crippen LogP contribution in [0.1, 0.15) is 17.4 Å². The molecule has 0 spiro atoms. The zero-order chi connectivity index (χ0) is 20.1. The summed E-state index contributed by atoms with van der Waals surface area (Å²) in [7, 11) is 1.87. The third-order valence-corrected chi connectivity index (χ3v) is 4.79. The molecule has 1 aliphatic rings. The van der Waals surface area contributed by atoms with Gasteiger partial charge in [0.1, 0.15) is 11.9 Å². The Morgan fingerprint density at radius 3 is 2.36 bits per heavy atom. The van der Waals surface area contributed by atoms with Crippen LogP contribution in [0.25, 0.3) is 0 Å². The molecule has 0 bridgehead atoms. The van der Waals surface area contributed by atoms with Crippen molar-refractivity contribution in [1.29, 1.82) is 0 Å². The first-order chi connectivity index (χ1) is 13.3. The van der Waals surface area contributed by atoms with Gasteiger partial charge in [-0.3, -0.25) is 14.6 Å². The highest BCUT2D eigenvalue weighted by molar-refractivity contribution is 5.79. The SMILES string of the molecule is Cn1ccnc1C(NC(=O)CN1CCN(CC(F)(F)F)CC1)c1ccccc1. The lowest BCUT2D eigenvalue weighted by atomic mass is 10.1. The maximum atomic E-state index is 12.6. The minimum atomic E-state index is -4.19. The lowest BCUT2D eigenvalue weighted by molar-refractivity contribution is -0.150.